The summed E-state index contributed by atoms with van der Waals surface area (Å²) in [6.45, 7) is 3.42. The summed E-state index contributed by atoms with van der Waals surface area (Å²) in [6.07, 6.45) is -5.03. The molecule has 0 bridgehead atoms. The molecule has 0 aromatic carbocycles. The fourth-order valence-corrected chi connectivity index (χ4v) is 1.76. The third-order valence-electron chi connectivity index (χ3n) is 2.50. The molecule has 5 nitrogen and oxygen atoms in total. The topological polar surface area (TPSA) is 58.6 Å². The lowest BCUT2D eigenvalue weighted by atomic mass is 10.0. The van der Waals surface area contributed by atoms with E-state index in [4.69, 9.17) is 17.0 Å². The highest BCUT2D eigenvalue weighted by Crippen LogP contribution is 2.17. The Labute approximate surface area is 113 Å². The molecule has 1 unspecified atom stereocenters. The zero-order chi connectivity index (χ0) is 14.8. The Hall–Kier alpha value is -1.38. The van der Waals surface area contributed by atoms with Crippen molar-refractivity contribution in [2.75, 3.05) is 13.2 Å². The summed E-state index contributed by atoms with van der Waals surface area (Å²) < 4.78 is 41.5. The molecular formula is C10H13F3N2O3S. The van der Waals surface area contributed by atoms with E-state index in [0.29, 0.717) is 0 Å². The van der Waals surface area contributed by atoms with Crippen molar-refractivity contribution >= 4 is 29.2 Å². The van der Waals surface area contributed by atoms with E-state index in [0.717, 1.165) is 4.90 Å². The maximum atomic E-state index is 12.2. The highest BCUT2D eigenvalue weighted by Gasteiger charge is 2.42. The molecule has 108 valence electrons. The number of thiocarbonyl (C=S) groups is 1. The average molecular weight is 298 g/mol. The van der Waals surface area contributed by atoms with Crippen LogP contribution in [0.4, 0.5) is 13.2 Å². The monoisotopic (exact) mass is 298 g/mol. The number of carbonyl (C=O) groups is 2. The van der Waals surface area contributed by atoms with Gasteiger partial charge in [-0.1, -0.05) is 13.8 Å². The van der Waals surface area contributed by atoms with Gasteiger partial charge in [0.05, 0.1) is 6.54 Å². The summed E-state index contributed by atoms with van der Waals surface area (Å²) in [5, 5.41) is 1.60. The van der Waals surface area contributed by atoms with E-state index in [1.807, 2.05) is 0 Å². The van der Waals surface area contributed by atoms with Gasteiger partial charge >= 0.3 is 12.1 Å². The van der Waals surface area contributed by atoms with Crippen molar-refractivity contribution in [1.82, 2.24) is 10.2 Å². The molecule has 9 heteroatoms. The smallest absolute Gasteiger partial charge is 0.469 e. The standard InChI is InChI=1S/C10H13F3N2O3S/c1-5(2)6(14-8(17)10(11,12)13)7(16)15-3-4-18-9(15)19/h5-6H,3-4H2,1-2H3,(H,14,17). The summed E-state index contributed by atoms with van der Waals surface area (Å²) in [5.41, 5.74) is 0. The number of rotatable bonds is 3. The summed E-state index contributed by atoms with van der Waals surface area (Å²) in [4.78, 5) is 24.0. The minimum Gasteiger partial charge on any atom is -0.469 e. The van der Waals surface area contributed by atoms with Crippen LogP contribution in [0, 0.1) is 5.92 Å². The number of hydrogen-bond donors (Lipinski definition) is 1. The largest absolute Gasteiger partial charge is 0.471 e. The lowest BCUT2D eigenvalue weighted by Gasteiger charge is -2.25. The molecule has 1 fully saturated rings. The lowest BCUT2D eigenvalue weighted by Crippen LogP contribution is -2.54. The molecule has 0 aliphatic carbocycles. The molecule has 2 amide bonds. The summed E-state index contributed by atoms with van der Waals surface area (Å²) in [6, 6.07) is -1.30. The lowest BCUT2D eigenvalue weighted by molar-refractivity contribution is -0.175. The highest BCUT2D eigenvalue weighted by atomic mass is 32.1. The van der Waals surface area contributed by atoms with Gasteiger partial charge in [0, 0.05) is 0 Å². The minimum atomic E-state index is -5.03. The third-order valence-corrected chi connectivity index (χ3v) is 2.84. The molecule has 1 saturated heterocycles. The molecule has 1 atom stereocenters. The summed E-state index contributed by atoms with van der Waals surface area (Å²) >= 11 is 4.76. The Morgan fingerprint density at radius 2 is 2.00 bits per heavy atom. The van der Waals surface area contributed by atoms with Gasteiger partial charge in [0.25, 0.3) is 11.1 Å². The average Bonchev–Trinajstić information content (AvgIpc) is 2.69. The Bertz CT molecular complexity index is 398. The molecule has 0 aromatic heterocycles. The van der Waals surface area contributed by atoms with Crippen LogP contribution in [-0.2, 0) is 14.3 Å². The molecule has 1 rings (SSSR count). The minimum absolute atomic E-state index is 0.0862. The fraction of sp³-hybridized carbons (Fsp3) is 0.700. The molecule has 0 aromatic rings. The van der Waals surface area contributed by atoms with Crippen molar-refractivity contribution in [3.8, 4) is 0 Å². The van der Waals surface area contributed by atoms with Crippen molar-refractivity contribution < 1.29 is 27.5 Å². The second-order valence-electron chi connectivity index (χ2n) is 4.30. The first-order chi connectivity index (χ1) is 8.64. The second-order valence-corrected chi connectivity index (χ2v) is 4.65. The Kier molecular flexibility index (Phi) is 4.72. The number of nitrogens with one attached hydrogen (secondary N) is 1. The number of carbonyl (C=O) groups excluding carboxylic acids is 2. The number of hydrogen-bond acceptors (Lipinski definition) is 4. The molecule has 1 aliphatic heterocycles. The second kappa shape index (κ2) is 5.72. The molecule has 1 heterocycles. The van der Waals surface area contributed by atoms with Crippen LogP contribution in [0.3, 0.4) is 0 Å². The molecule has 1 N–H and O–H groups in total. The number of alkyl halides is 3. The van der Waals surface area contributed by atoms with E-state index in [2.05, 4.69) is 0 Å². The van der Waals surface area contributed by atoms with Gasteiger partial charge < -0.3 is 10.1 Å². The van der Waals surface area contributed by atoms with E-state index in [1.165, 1.54) is 13.8 Å². The predicted molar refractivity (Wildman–Crippen MR) is 63.1 cm³/mol. The summed E-state index contributed by atoms with van der Waals surface area (Å²) in [5.74, 6) is -3.36. The van der Waals surface area contributed by atoms with Crippen LogP contribution in [0.1, 0.15) is 13.8 Å². The summed E-state index contributed by atoms with van der Waals surface area (Å²) in [7, 11) is 0. The van der Waals surface area contributed by atoms with Crippen LogP contribution in [0.5, 0.6) is 0 Å². The van der Waals surface area contributed by atoms with E-state index in [-0.39, 0.29) is 18.3 Å². The van der Waals surface area contributed by atoms with Crippen LogP contribution >= 0.6 is 12.2 Å². The van der Waals surface area contributed by atoms with E-state index in [9.17, 15) is 22.8 Å². The van der Waals surface area contributed by atoms with E-state index < -0.39 is 30.0 Å². The zero-order valence-corrected chi connectivity index (χ0v) is 11.1. The molecule has 1 aliphatic rings. The normalized spacial score (nSPS) is 17.4. The quantitative estimate of drug-likeness (QED) is 0.784. The Morgan fingerprint density at radius 1 is 1.42 bits per heavy atom. The Morgan fingerprint density at radius 3 is 2.37 bits per heavy atom. The number of ether oxygens (including phenoxy) is 1. The van der Waals surface area contributed by atoms with Gasteiger partial charge in [0.2, 0.25) is 0 Å². The Balaban J connectivity index is 2.81. The van der Waals surface area contributed by atoms with Gasteiger partial charge in [-0.25, -0.2) is 0 Å². The van der Waals surface area contributed by atoms with Crippen molar-refractivity contribution in [3.05, 3.63) is 0 Å². The van der Waals surface area contributed by atoms with Crippen molar-refractivity contribution in [2.45, 2.75) is 26.1 Å². The third kappa shape index (κ3) is 3.79. The zero-order valence-electron chi connectivity index (χ0n) is 10.3. The van der Waals surface area contributed by atoms with Crippen LogP contribution < -0.4 is 5.32 Å². The van der Waals surface area contributed by atoms with Gasteiger partial charge in [-0.3, -0.25) is 14.5 Å². The SMILES string of the molecule is CC(C)C(NC(=O)C(F)(F)F)C(=O)N1CCOC1=S. The molecule has 0 spiro atoms. The fourth-order valence-electron chi connectivity index (χ4n) is 1.50. The van der Waals surface area contributed by atoms with Crippen molar-refractivity contribution in [3.63, 3.8) is 0 Å². The first-order valence-corrected chi connectivity index (χ1v) is 5.91. The van der Waals surface area contributed by atoms with Crippen molar-refractivity contribution in [1.29, 1.82) is 0 Å². The van der Waals surface area contributed by atoms with Gasteiger partial charge in [0.15, 0.2) is 0 Å². The van der Waals surface area contributed by atoms with Gasteiger partial charge in [-0.2, -0.15) is 13.2 Å². The van der Waals surface area contributed by atoms with E-state index in [1.54, 1.807) is 5.32 Å². The van der Waals surface area contributed by atoms with Gasteiger partial charge in [-0.15, -0.1) is 0 Å². The van der Waals surface area contributed by atoms with Crippen LogP contribution in [0.25, 0.3) is 0 Å². The molecule has 0 saturated carbocycles. The maximum absolute atomic E-state index is 12.2. The van der Waals surface area contributed by atoms with Crippen LogP contribution in [0.15, 0.2) is 0 Å². The first-order valence-electron chi connectivity index (χ1n) is 5.50. The predicted octanol–water partition coefficient (Wildman–Crippen LogP) is 0.833. The van der Waals surface area contributed by atoms with Crippen LogP contribution in [0.2, 0.25) is 0 Å². The number of halogens is 3. The van der Waals surface area contributed by atoms with E-state index >= 15 is 0 Å². The number of amides is 2. The first kappa shape index (κ1) is 15.7. The number of nitrogens with zero attached hydrogens (tertiary/aromatic N) is 1. The van der Waals surface area contributed by atoms with Crippen LogP contribution in [-0.4, -0.2) is 47.3 Å². The maximum Gasteiger partial charge on any atom is 0.471 e. The van der Waals surface area contributed by atoms with Crippen molar-refractivity contribution in [2.24, 2.45) is 5.92 Å². The van der Waals surface area contributed by atoms with Gasteiger partial charge in [0.1, 0.15) is 12.6 Å². The highest BCUT2D eigenvalue weighted by molar-refractivity contribution is 7.80. The molecular weight excluding hydrogens is 285 g/mol. The van der Waals surface area contributed by atoms with Gasteiger partial charge in [-0.05, 0) is 18.1 Å². The molecule has 19 heavy (non-hydrogen) atoms. The molecule has 0 radical (unpaired) electrons.